The predicted octanol–water partition coefficient (Wildman–Crippen LogP) is -0.514. The van der Waals surface area contributed by atoms with Gasteiger partial charge in [0.15, 0.2) is 11.6 Å². The van der Waals surface area contributed by atoms with Crippen molar-refractivity contribution < 1.29 is 44.3 Å². The Kier molecular flexibility index (Phi) is 9.99. The van der Waals surface area contributed by atoms with Gasteiger partial charge >= 0.3 is 0 Å². The average molecular weight is 671 g/mol. The van der Waals surface area contributed by atoms with Gasteiger partial charge in [0.05, 0.1) is 49.3 Å². The first-order chi connectivity index (χ1) is 22.7. The summed E-state index contributed by atoms with van der Waals surface area (Å²) in [7, 11) is 3.39. The zero-order valence-electron chi connectivity index (χ0n) is 25.5. The Morgan fingerprint density at radius 3 is 2.53 bits per heavy atom. The quantitative estimate of drug-likeness (QED) is 0.134. The zero-order valence-corrected chi connectivity index (χ0v) is 26.3. The minimum absolute atomic E-state index is 0.0552. The first-order valence-electron chi connectivity index (χ1n) is 14.7. The Morgan fingerprint density at radius 1 is 1.09 bits per heavy atom. The topological polar surface area (TPSA) is 218 Å². The summed E-state index contributed by atoms with van der Waals surface area (Å²) in [5.41, 5.74) is 3.73. The van der Waals surface area contributed by atoms with E-state index >= 15 is 0 Å². The minimum Gasteiger partial charge on any atom is -0.481 e. The highest BCUT2D eigenvalue weighted by Crippen LogP contribution is 2.35. The molecule has 1 amide bonds. The van der Waals surface area contributed by atoms with Crippen LogP contribution in [-0.4, -0.2) is 129 Å². The van der Waals surface area contributed by atoms with Crippen LogP contribution in [0.25, 0.3) is 21.6 Å². The molecule has 2 fully saturated rings. The van der Waals surface area contributed by atoms with Crippen LogP contribution in [0.2, 0.25) is 0 Å². The van der Waals surface area contributed by atoms with Crippen molar-refractivity contribution >= 4 is 39.2 Å². The Balaban J connectivity index is 1.15. The number of carbonyl (C=O) groups excluding carboxylic acids is 1. The van der Waals surface area contributed by atoms with E-state index in [1.165, 1.54) is 12.4 Å². The van der Waals surface area contributed by atoms with E-state index in [0.29, 0.717) is 50.5 Å². The molecule has 0 aliphatic carbocycles. The van der Waals surface area contributed by atoms with Crippen LogP contribution in [0.15, 0.2) is 36.8 Å². The van der Waals surface area contributed by atoms with Crippen LogP contribution in [0.3, 0.4) is 0 Å². The summed E-state index contributed by atoms with van der Waals surface area (Å²) in [4.78, 5) is 45.5. The van der Waals surface area contributed by atoms with Crippen LogP contribution in [0.4, 0.5) is 11.8 Å². The van der Waals surface area contributed by atoms with Crippen molar-refractivity contribution in [2.45, 2.75) is 37.3 Å². The number of morpholine rings is 1. The van der Waals surface area contributed by atoms with Gasteiger partial charge < -0.3 is 44.4 Å². The van der Waals surface area contributed by atoms with Crippen molar-refractivity contribution in [1.82, 2.24) is 30.4 Å². The summed E-state index contributed by atoms with van der Waals surface area (Å²) in [6.45, 7) is 2.46. The Hall–Kier alpha value is -4.14. The van der Waals surface area contributed by atoms with E-state index in [4.69, 9.17) is 29.0 Å². The first-order valence-corrected chi connectivity index (χ1v) is 15.5. The van der Waals surface area contributed by atoms with E-state index in [1.54, 1.807) is 30.7 Å². The highest BCUT2D eigenvalue weighted by Gasteiger charge is 2.44. The fourth-order valence-corrected chi connectivity index (χ4v) is 6.24. The maximum absolute atomic E-state index is 12.6. The minimum atomic E-state index is -1.67. The third-order valence-corrected chi connectivity index (χ3v) is 8.78. The molecule has 6 rings (SSSR count). The molecule has 1 unspecified atom stereocenters. The summed E-state index contributed by atoms with van der Waals surface area (Å²) in [5, 5.41) is 39.2. The van der Waals surface area contributed by atoms with Gasteiger partial charge in [-0.2, -0.15) is 0 Å². The fraction of sp³-hybridized carbons (Fsp3) is 0.448. The number of pyridine rings is 1. The zero-order chi connectivity index (χ0) is 33.1. The number of aromatic nitrogens is 5. The van der Waals surface area contributed by atoms with Gasteiger partial charge in [-0.25, -0.2) is 35.2 Å². The standard InChI is InChI=1S/C29H34N8O9S/c1-36(29-31-11-16(12-32-29)27(42)35-46-28-23(41)22(40)21(39)19(14-38)45-28)13-17-9-18-24(47-17)26(37-5-7-44-8-6-37)34-25(33-18)15-3-4-20(43-2)30-10-15/h3-4,9-12,19,21-23,28,38-41H,5-8,13-14H2,1-2H3,(H,35,42)/t19?,21-,22-,23+,28-/m0/s1. The van der Waals surface area contributed by atoms with Gasteiger partial charge in [0.25, 0.3) is 5.91 Å². The van der Waals surface area contributed by atoms with Crippen molar-refractivity contribution in [3.05, 3.63) is 47.2 Å². The molecule has 4 aromatic heterocycles. The van der Waals surface area contributed by atoms with Gasteiger partial charge in [0.2, 0.25) is 18.1 Å². The van der Waals surface area contributed by atoms with Crippen LogP contribution in [0, 0.1) is 0 Å². The van der Waals surface area contributed by atoms with Crippen molar-refractivity contribution in [3.8, 4) is 17.3 Å². The van der Waals surface area contributed by atoms with Crippen LogP contribution >= 0.6 is 11.3 Å². The Bertz CT molecular complexity index is 1670. The number of rotatable bonds is 10. The SMILES string of the molecule is COc1ccc(-c2nc(N3CCOCC3)c3sc(CN(C)c4ncc(C(=O)NO[C@@H]5OC(CO)[C@H](O)[C@H](O)[C@H]5O)cn4)cc3n2)cn1. The van der Waals surface area contributed by atoms with Crippen LogP contribution in [0.1, 0.15) is 15.2 Å². The summed E-state index contributed by atoms with van der Waals surface area (Å²) < 4.78 is 16.9. The number of hydrogen-bond donors (Lipinski definition) is 5. The monoisotopic (exact) mass is 670 g/mol. The number of aliphatic hydroxyl groups excluding tert-OH is 4. The molecule has 0 aromatic carbocycles. The number of aliphatic hydroxyl groups is 4. The number of fused-ring (bicyclic) bond motifs is 1. The maximum Gasteiger partial charge on any atom is 0.278 e. The second-order valence-corrected chi connectivity index (χ2v) is 12.0. The van der Waals surface area contributed by atoms with E-state index < -0.39 is 43.2 Å². The Morgan fingerprint density at radius 2 is 1.85 bits per heavy atom. The van der Waals surface area contributed by atoms with Gasteiger partial charge in [0.1, 0.15) is 24.4 Å². The summed E-state index contributed by atoms with van der Waals surface area (Å²) in [5.74, 6) is 1.51. The molecule has 2 saturated heterocycles. The highest BCUT2D eigenvalue weighted by atomic mass is 32.1. The number of ether oxygens (including phenoxy) is 3. The molecule has 2 aliphatic rings. The van der Waals surface area contributed by atoms with Gasteiger partial charge in [-0.1, -0.05) is 0 Å². The van der Waals surface area contributed by atoms with Gasteiger partial charge in [0, 0.05) is 55.2 Å². The lowest BCUT2D eigenvalue weighted by molar-refractivity contribution is -0.311. The lowest BCUT2D eigenvalue weighted by Gasteiger charge is -2.39. The van der Waals surface area contributed by atoms with Crippen molar-refractivity contribution in [2.75, 3.05) is 56.9 Å². The summed E-state index contributed by atoms with van der Waals surface area (Å²) in [6.07, 6.45) is -3.26. The Labute approximate surface area is 272 Å². The van der Waals surface area contributed by atoms with Crippen molar-refractivity contribution in [2.24, 2.45) is 0 Å². The van der Waals surface area contributed by atoms with Crippen LogP contribution in [0.5, 0.6) is 5.88 Å². The van der Waals surface area contributed by atoms with Gasteiger partial charge in [-0.15, -0.1) is 11.3 Å². The summed E-state index contributed by atoms with van der Waals surface area (Å²) in [6, 6.07) is 5.66. The molecule has 0 bridgehead atoms. The highest BCUT2D eigenvalue weighted by molar-refractivity contribution is 7.19. The molecule has 2 aliphatic heterocycles. The number of carbonyl (C=O) groups is 1. The third kappa shape index (κ3) is 7.09. The molecule has 17 nitrogen and oxygen atoms in total. The van der Waals surface area contributed by atoms with Crippen molar-refractivity contribution in [1.29, 1.82) is 0 Å². The predicted molar refractivity (Wildman–Crippen MR) is 167 cm³/mol. The van der Waals surface area contributed by atoms with Crippen molar-refractivity contribution in [3.63, 3.8) is 0 Å². The molecule has 0 radical (unpaired) electrons. The lowest BCUT2D eigenvalue weighted by atomic mass is 9.99. The van der Waals surface area contributed by atoms with Crippen LogP contribution < -0.4 is 20.0 Å². The lowest BCUT2D eigenvalue weighted by Crippen LogP contribution is -2.60. The van der Waals surface area contributed by atoms with E-state index in [9.17, 15) is 25.2 Å². The second-order valence-electron chi connectivity index (χ2n) is 10.9. The number of amides is 1. The van der Waals surface area contributed by atoms with Gasteiger partial charge in [-0.3, -0.25) is 4.79 Å². The molecule has 4 aromatic rings. The number of hydrogen-bond acceptors (Lipinski definition) is 17. The normalized spacial score (nSPS) is 23.1. The molecule has 5 atom stereocenters. The third-order valence-electron chi connectivity index (χ3n) is 7.67. The molecule has 47 heavy (non-hydrogen) atoms. The average Bonchev–Trinajstić information content (AvgIpc) is 3.52. The second kappa shape index (κ2) is 14.3. The van der Waals surface area contributed by atoms with E-state index in [1.807, 2.05) is 24.1 Å². The molecule has 6 heterocycles. The molecular weight excluding hydrogens is 636 g/mol. The number of nitrogens with zero attached hydrogens (tertiary/aromatic N) is 7. The van der Waals surface area contributed by atoms with Gasteiger partial charge in [-0.05, 0) is 12.1 Å². The number of hydroxylamine groups is 1. The molecule has 0 spiro atoms. The molecular formula is C29H34N8O9S. The van der Waals surface area contributed by atoms with E-state index in [2.05, 4.69) is 25.3 Å². The molecule has 0 saturated carbocycles. The number of methoxy groups -OCH3 is 1. The molecule has 250 valence electrons. The first kappa shape index (κ1) is 32.8. The van der Waals surface area contributed by atoms with Crippen LogP contribution in [-0.2, 0) is 20.9 Å². The summed E-state index contributed by atoms with van der Waals surface area (Å²) >= 11 is 1.58. The maximum atomic E-state index is 12.6. The number of anilines is 2. The fourth-order valence-electron chi connectivity index (χ4n) is 5.07. The molecule has 5 N–H and O–H groups in total. The number of nitrogens with one attached hydrogen (secondary N) is 1. The smallest absolute Gasteiger partial charge is 0.278 e. The largest absolute Gasteiger partial charge is 0.481 e. The van der Waals surface area contributed by atoms with E-state index in [-0.39, 0.29) is 5.56 Å². The number of thiophene rings is 1. The molecule has 18 heteroatoms. The van der Waals surface area contributed by atoms with E-state index in [0.717, 1.165) is 26.5 Å².